The van der Waals surface area contributed by atoms with Crippen LogP contribution in [-0.2, 0) is 33.3 Å². The average molecular weight is 978 g/mol. The first-order valence-corrected chi connectivity index (χ1v) is 25.5. The molecular formula is C46H65N4O15S2+. The molecule has 19 nitrogen and oxygen atoms in total. The van der Waals surface area contributed by atoms with Gasteiger partial charge in [-0.15, -0.1) is 0 Å². The van der Waals surface area contributed by atoms with Crippen LogP contribution in [0.15, 0.2) is 63.2 Å². The van der Waals surface area contributed by atoms with Crippen molar-refractivity contribution < 1.29 is 79.0 Å². The molecule has 12 N–H and O–H groups in total. The lowest BCUT2D eigenvalue weighted by Crippen LogP contribution is -3.14. The van der Waals surface area contributed by atoms with Crippen LogP contribution < -0.4 is 16.0 Å². The largest absolute Gasteiger partial charge is 0.477 e. The Kier molecular flexibility index (Phi) is 17.6. The van der Waals surface area contributed by atoms with Crippen LogP contribution in [0.4, 0.5) is 0 Å². The third kappa shape index (κ3) is 11.6. The number of ether oxygens (including phenoxy) is 5. The maximum absolute atomic E-state index is 14.9. The highest BCUT2D eigenvalue weighted by molar-refractivity contribution is 8.77. The Morgan fingerprint density at radius 2 is 1.91 bits per heavy atom. The third-order valence-corrected chi connectivity index (χ3v) is 16.4. The van der Waals surface area contributed by atoms with Gasteiger partial charge in [-0.05, 0) is 70.8 Å². The summed E-state index contributed by atoms with van der Waals surface area (Å²) < 4.78 is 31.3. The lowest BCUT2D eigenvalue weighted by molar-refractivity contribution is -0.870. The zero-order valence-electron chi connectivity index (χ0n) is 37.7. The number of guanidine groups is 1. The second-order valence-electron chi connectivity index (χ2n) is 18.3. The highest BCUT2D eigenvalue weighted by Crippen LogP contribution is 2.46. The molecule has 5 aliphatic heterocycles. The van der Waals surface area contributed by atoms with Gasteiger partial charge in [0.25, 0.3) is 0 Å². The smallest absolute Gasteiger partial charge is 0.343 e. The van der Waals surface area contributed by atoms with Crippen molar-refractivity contribution in [1.82, 2.24) is 5.32 Å². The van der Waals surface area contributed by atoms with E-state index in [0.29, 0.717) is 41.1 Å². The van der Waals surface area contributed by atoms with Crippen molar-refractivity contribution in [3.63, 3.8) is 0 Å². The minimum atomic E-state index is -2.96. The number of aliphatic imine (C=N–C) groups is 1. The summed E-state index contributed by atoms with van der Waals surface area (Å²) in [7, 11) is 3.05. The molecule has 21 heteroatoms. The SMILES string of the molecule is CC(C)OC1C(OC2OC=C3C(=O)OC4CCC(CO)C4CSSC4CC#CC(=CC5=C(NC(N)=NCCCO)C(C(=O)O)=C[NH+](C5)C4CO)C3C2C=C2CCCC2)OC(CO)C(O)C1(O)O. The van der Waals surface area contributed by atoms with Gasteiger partial charge in [0.1, 0.15) is 42.7 Å². The Hall–Kier alpha value is -3.47. The first kappa shape index (κ1) is 51.4. The van der Waals surface area contributed by atoms with E-state index in [4.69, 9.17) is 29.4 Å². The standard InChI is InChI=1S/C46H64N4O15S2/c1-24(2)62-40-44(64-35(21-54)39(55)46(40,59)60)65-43-29(15-25-7-3-4-8-25)37-26-9-5-10-36(67-66-23-32-27(19-52)11-12-34(32)63-42(58)31(37)22-61-43)33(20-53)50-17-28(16-26)38(30(18-50)41(56)57)49-45(47)48-13-6-14-51/h15-16,18,22,24,27,29,32-37,39-40,43-44,51-55,59-60H,3-4,6-8,10-14,17,19-21,23H2,1-2H3,(H,56,57)(H3,47,48,49)/p+1. The van der Waals surface area contributed by atoms with Gasteiger partial charge in [-0.3, -0.25) is 9.89 Å². The number of carboxylic acid groups (broad SMARTS) is 1. The normalized spacial score (nSPS) is 35.5. The van der Waals surface area contributed by atoms with Crippen molar-refractivity contribution in [2.24, 2.45) is 34.4 Å². The van der Waals surface area contributed by atoms with E-state index in [9.17, 15) is 50.4 Å². The number of aliphatic hydroxyl groups is 7. The van der Waals surface area contributed by atoms with Crippen LogP contribution in [-0.4, -0.2) is 164 Å². The summed E-state index contributed by atoms with van der Waals surface area (Å²) in [4.78, 5) is 33.1. The molecule has 13 unspecified atom stereocenters. The fraction of sp³-hybridized carbons (Fsp3) is 0.674. The number of hydrogen-bond acceptors (Lipinski definition) is 17. The molecule has 3 fully saturated rings. The predicted molar refractivity (Wildman–Crippen MR) is 245 cm³/mol. The highest BCUT2D eigenvalue weighted by Gasteiger charge is 2.58. The van der Waals surface area contributed by atoms with Gasteiger partial charge in [0.15, 0.2) is 18.4 Å². The Morgan fingerprint density at radius 1 is 1.13 bits per heavy atom. The van der Waals surface area contributed by atoms with Crippen LogP contribution in [0.2, 0.25) is 0 Å². The van der Waals surface area contributed by atoms with Crippen LogP contribution in [0.25, 0.3) is 0 Å². The number of carbonyl (C=O) groups is 2. The molecule has 0 aromatic carbocycles. The van der Waals surface area contributed by atoms with E-state index in [1.165, 1.54) is 27.8 Å². The monoisotopic (exact) mass is 977 g/mol. The Labute approximate surface area is 397 Å². The summed E-state index contributed by atoms with van der Waals surface area (Å²) >= 11 is 0. The summed E-state index contributed by atoms with van der Waals surface area (Å²) in [6, 6.07) is -0.527. The Balaban J connectivity index is 1.45. The lowest BCUT2D eigenvalue weighted by atomic mass is 9.76. The molecule has 1 saturated heterocycles. The summed E-state index contributed by atoms with van der Waals surface area (Å²) in [6.07, 6.45) is 2.04. The minimum Gasteiger partial charge on any atom is -0.477 e. The second-order valence-corrected chi connectivity index (χ2v) is 20.9. The number of esters is 1. The number of carboxylic acids is 1. The average Bonchev–Trinajstić information content (AvgIpc) is 3.96. The third-order valence-electron chi connectivity index (χ3n) is 13.5. The number of rotatable bonds is 13. The fourth-order valence-corrected chi connectivity index (χ4v) is 13.3. The van der Waals surface area contributed by atoms with Gasteiger partial charge in [0, 0.05) is 54.9 Å². The van der Waals surface area contributed by atoms with E-state index in [1.807, 2.05) is 6.08 Å². The summed E-state index contributed by atoms with van der Waals surface area (Å²) in [5.41, 5.74) is 8.19. The number of allylic oxidation sites excluding steroid dienone is 2. The van der Waals surface area contributed by atoms with Gasteiger partial charge >= 0.3 is 11.9 Å². The van der Waals surface area contributed by atoms with Crippen molar-refractivity contribution in [2.45, 2.75) is 125 Å². The molecular weight excluding hydrogens is 913 g/mol. The second kappa shape index (κ2) is 23.0. The van der Waals surface area contributed by atoms with Gasteiger partial charge in [-0.25, -0.2) is 9.59 Å². The van der Waals surface area contributed by atoms with Crippen molar-refractivity contribution in [3.05, 3.63) is 58.2 Å². The van der Waals surface area contributed by atoms with Crippen LogP contribution in [0.1, 0.15) is 65.2 Å². The molecule has 4 bridgehead atoms. The van der Waals surface area contributed by atoms with Crippen molar-refractivity contribution >= 4 is 39.5 Å². The lowest BCUT2D eigenvalue weighted by Gasteiger charge is -2.48. The molecule has 2 saturated carbocycles. The Morgan fingerprint density at radius 3 is 2.60 bits per heavy atom. The quantitative estimate of drug-likeness (QED) is 0.0159. The van der Waals surface area contributed by atoms with Crippen LogP contribution in [0, 0.1) is 35.5 Å². The molecule has 7 rings (SSSR count). The molecule has 5 heterocycles. The summed E-state index contributed by atoms with van der Waals surface area (Å²) in [5, 5.41) is 88.1. The summed E-state index contributed by atoms with van der Waals surface area (Å²) in [5.74, 6) is -0.110. The zero-order chi connectivity index (χ0) is 48.0. The number of aliphatic carboxylic acids is 1. The van der Waals surface area contributed by atoms with Gasteiger partial charge in [0.05, 0.1) is 48.0 Å². The summed E-state index contributed by atoms with van der Waals surface area (Å²) in [6.45, 7) is 2.26. The van der Waals surface area contributed by atoms with E-state index in [0.717, 1.165) is 31.3 Å². The van der Waals surface area contributed by atoms with Crippen molar-refractivity contribution in [1.29, 1.82) is 0 Å². The van der Waals surface area contributed by atoms with E-state index in [1.54, 1.807) is 26.1 Å². The first-order valence-electron chi connectivity index (χ1n) is 23.1. The molecule has 0 aromatic heterocycles. The molecule has 7 aliphatic rings. The number of hydrogen-bond donors (Lipinski definition) is 11. The van der Waals surface area contributed by atoms with Gasteiger partial charge < -0.3 is 75.6 Å². The molecule has 370 valence electrons. The molecule has 2 aliphatic carbocycles. The number of carbonyl (C=O) groups excluding carboxylic acids is 1. The number of nitrogens with one attached hydrogen (secondary N) is 2. The van der Waals surface area contributed by atoms with E-state index in [2.05, 4.69) is 22.2 Å². The van der Waals surface area contributed by atoms with E-state index in [-0.39, 0.29) is 79.2 Å². The molecule has 0 spiro atoms. The maximum Gasteiger partial charge on any atom is 0.343 e. The van der Waals surface area contributed by atoms with Crippen molar-refractivity contribution in [3.8, 4) is 11.8 Å². The van der Waals surface area contributed by atoms with Crippen molar-refractivity contribution in [2.75, 3.05) is 45.3 Å². The van der Waals surface area contributed by atoms with Gasteiger partial charge in [-0.1, -0.05) is 45.1 Å². The molecule has 0 aromatic rings. The molecule has 0 amide bonds. The van der Waals surface area contributed by atoms with Crippen LogP contribution in [0.5, 0.6) is 0 Å². The van der Waals surface area contributed by atoms with Crippen LogP contribution >= 0.6 is 21.6 Å². The number of nitrogens with two attached hydrogens (primary N) is 1. The van der Waals surface area contributed by atoms with Gasteiger partial charge in [-0.2, -0.15) is 0 Å². The molecule has 13 atom stereocenters. The molecule has 67 heavy (non-hydrogen) atoms. The number of quaternary nitrogens is 1. The Bertz CT molecular complexity index is 2060. The van der Waals surface area contributed by atoms with Crippen LogP contribution in [0.3, 0.4) is 0 Å². The fourth-order valence-electron chi connectivity index (χ4n) is 9.99. The maximum atomic E-state index is 14.9. The first-order chi connectivity index (χ1) is 32.2. The number of fused-ring (bicyclic) bond motifs is 8. The minimum absolute atomic E-state index is 0.0726. The number of nitrogens with zero attached hydrogens (tertiary/aromatic N) is 1. The van der Waals surface area contributed by atoms with E-state index >= 15 is 0 Å². The van der Waals surface area contributed by atoms with Gasteiger partial charge in [0.2, 0.25) is 12.1 Å². The predicted octanol–water partition coefficient (Wildman–Crippen LogP) is -0.675. The number of aliphatic hydroxyl groups excluding tert-OH is 5. The zero-order valence-corrected chi connectivity index (χ0v) is 39.3. The topological polar surface area (TPSA) is 297 Å². The molecule has 0 radical (unpaired) electrons. The van der Waals surface area contributed by atoms with E-state index < -0.39 is 85.3 Å². The highest BCUT2D eigenvalue weighted by atomic mass is 33.1.